The summed E-state index contributed by atoms with van der Waals surface area (Å²) in [7, 11) is 0. The molecule has 1 N–H and O–H groups in total. The van der Waals surface area contributed by atoms with Gasteiger partial charge in [-0.05, 0) is 73.5 Å². The van der Waals surface area contributed by atoms with Crippen LogP contribution in [0.2, 0.25) is 5.02 Å². The number of carbonyl (C=O) groups is 1. The molecule has 3 aromatic carbocycles. The van der Waals surface area contributed by atoms with Gasteiger partial charge in [0.05, 0.1) is 29.7 Å². The Morgan fingerprint density at radius 3 is 2.58 bits per heavy atom. The molecule has 6 nitrogen and oxygen atoms in total. The fourth-order valence-electron chi connectivity index (χ4n) is 5.04. The highest BCUT2D eigenvalue weighted by Gasteiger charge is 2.36. The quantitative estimate of drug-likeness (QED) is 0.270. The Bertz CT molecular complexity index is 1660. The van der Waals surface area contributed by atoms with Crippen LogP contribution in [0.5, 0.6) is 0 Å². The van der Waals surface area contributed by atoms with Crippen LogP contribution in [0, 0.1) is 19.7 Å². The number of nitrogens with zero attached hydrogens (tertiary/aromatic N) is 4. The van der Waals surface area contributed by atoms with Crippen molar-refractivity contribution in [1.82, 2.24) is 19.2 Å². The second-order valence-corrected chi connectivity index (χ2v) is 9.85. The molecule has 0 spiro atoms. The monoisotopic (exact) mass is 525 g/mol. The molecule has 0 unspecified atom stereocenters. The third kappa shape index (κ3) is 4.15. The first-order valence-electron chi connectivity index (χ1n) is 12.3. The Balaban J connectivity index is 1.53. The van der Waals surface area contributed by atoms with Gasteiger partial charge in [-0.25, -0.2) is 13.9 Å². The first-order valence-corrected chi connectivity index (χ1v) is 12.7. The summed E-state index contributed by atoms with van der Waals surface area (Å²) in [5.74, 6) is 0.499. The van der Waals surface area contributed by atoms with Crippen molar-refractivity contribution in [2.24, 2.45) is 0 Å². The van der Waals surface area contributed by atoms with Crippen molar-refractivity contribution in [3.05, 3.63) is 130 Å². The van der Waals surface area contributed by atoms with Gasteiger partial charge in [0.2, 0.25) is 0 Å². The molecule has 0 saturated carbocycles. The van der Waals surface area contributed by atoms with Gasteiger partial charge in [0.25, 0.3) is 0 Å². The Hall–Kier alpha value is -4.36. The van der Waals surface area contributed by atoms with Crippen LogP contribution in [0.3, 0.4) is 0 Å². The molecule has 6 rings (SSSR count). The standard InChI is InChI=1S/C30H25ClFN5O/c1-19-13-14-23(17-26(19)32)33-30(38)36-18-25-20(2)34-37(24-10-4-3-5-11-24)29(25)35-15-7-12-27(35)28(36)21-8-6-9-22(31)16-21/h3-17,28H,18H2,1-2H3,(H,33,38)/t28-/m1/s1. The van der Waals surface area contributed by atoms with E-state index in [4.69, 9.17) is 16.7 Å². The summed E-state index contributed by atoms with van der Waals surface area (Å²) in [6.45, 7) is 3.92. The smallest absolute Gasteiger partial charge is 0.308 e. The number of nitrogens with one attached hydrogen (secondary N) is 1. The molecule has 8 heteroatoms. The minimum Gasteiger partial charge on any atom is -0.308 e. The van der Waals surface area contributed by atoms with E-state index in [1.807, 2.05) is 84.5 Å². The molecule has 3 heterocycles. The van der Waals surface area contributed by atoms with Gasteiger partial charge in [-0.15, -0.1) is 0 Å². The van der Waals surface area contributed by atoms with E-state index < -0.39 is 6.04 Å². The maximum absolute atomic E-state index is 14.3. The maximum Gasteiger partial charge on any atom is 0.322 e. The largest absolute Gasteiger partial charge is 0.322 e. The molecule has 1 atom stereocenters. The Labute approximate surface area is 224 Å². The van der Waals surface area contributed by atoms with Gasteiger partial charge in [0.15, 0.2) is 0 Å². The van der Waals surface area contributed by atoms with Crippen LogP contribution in [0.1, 0.15) is 34.1 Å². The van der Waals surface area contributed by atoms with Gasteiger partial charge in [-0.2, -0.15) is 5.10 Å². The second-order valence-electron chi connectivity index (χ2n) is 9.42. The predicted octanol–water partition coefficient (Wildman–Crippen LogP) is 7.21. The number of amides is 2. The number of aryl methyl sites for hydroxylation is 2. The molecular formula is C30H25ClFN5O. The Morgan fingerprint density at radius 2 is 1.82 bits per heavy atom. The number of hydrogen-bond donors (Lipinski definition) is 1. The van der Waals surface area contributed by atoms with E-state index in [1.165, 1.54) is 6.07 Å². The van der Waals surface area contributed by atoms with Gasteiger partial charge < -0.3 is 14.8 Å². The molecule has 0 radical (unpaired) electrons. The summed E-state index contributed by atoms with van der Waals surface area (Å²) in [6, 6.07) is 25.3. The third-order valence-electron chi connectivity index (χ3n) is 6.94. The highest BCUT2D eigenvalue weighted by Crippen LogP contribution is 2.39. The zero-order chi connectivity index (χ0) is 26.4. The van der Waals surface area contributed by atoms with Crippen LogP contribution >= 0.6 is 11.6 Å². The molecule has 1 aliphatic heterocycles. The van der Waals surface area contributed by atoms with Crippen LogP contribution in [-0.2, 0) is 6.54 Å². The highest BCUT2D eigenvalue weighted by molar-refractivity contribution is 6.30. The van der Waals surface area contributed by atoms with E-state index >= 15 is 0 Å². The first kappa shape index (κ1) is 24.0. The number of benzene rings is 3. The van der Waals surface area contributed by atoms with Crippen LogP contribution in [0.4, 0.5) is 14.9 Å². The first-order chi connectivity index (χ1) is 18.4. The van der Waals surface area contributed by atoms with Crippen LogP contribution in [-0.4, -0.2) is 25.3 Å². The zero-order valence-corrected chi connectivity index (χ0v) is 21.7. The lowest BCUT2D eigenvalue weighted by atomic mass is 10.0. The number of anilines is 1. The number of hydrogen-bond acceptors (Lipinski definition) is 2. The van der Waals surface area contributed by atoms with E-state index in [1.54, 1.807) is 24.0 Å². The van der Waals surface area contributed by atoms with Crippen molar-refractivity contribution in [3.63, 3.8) is 0 Å². The molecule has 2 amide bonds. The summed E-state index contributed by atoms with van der Waals surface area (Å²) < 4.78 is 18.3. The number of carbonyl (C=O) groups excluding carboxylic acids is 1. The average Bonchev–Trinajstić information content (AvgIpc) is 3.47. The lowest BCUT2D eigenvalue weighted by molar-refractivity contribution is 0.194. The van der Waals surface area contributed by atoms with Crippen molar-refractivity contribution >= 4 is 23.3 Å². The van der Waals surface area contributed by atoms with Crippen LogP contribution in [0.15, 0.2) is 91.1 Å². The second kappa shape index (κ2) is 9.50. The number of rotatable bonds is 3. The molecule has 0 aliphatic carbocycles. The van der Waals surface area contributed by atoms with Crippen molar-refractivity contribution in [2.45, 2.75) is 26.4 Å². The molecule has 190 valence electrons. The summed E-state index contributed by atoms with van der Waals surface area (Å²) >= 11 is 6.41. The minimum atomic E-state index is -0.463. The Morgan fingerprint density at radius 1 is 1.00 bits per heavy atom. The Kier molecular flexibility index (Phi) is 6.00. The van der Waals surface area contributed by atoms with Crippen molar-refractivity contribution in [3.8, 4) is 11.5 Å². The van der Waals surface area contributed by atoms with Crippen LogP contribution < -0.4 is 5.32 Å². The van der Waals surface area contributed by atoms with Crippen LogP contribution in [0.25, 0.3) is 11.5 Å². The molecule has 38 heavy (non-hydrogen) atoms. The SMILES string of the molecule is Cc1ccc(NC(=O)N2Cc3c(C)nn(-c4ccccc4)c3-n3cccc3[C@H]2c2cccc(Cl)c2)cc1F. The number of para-hydroxylation sites is 1. The molecular weight excluding hydrogens is 501 g/mol. The summed E-state index contributed by atoms with van der Waals surface area (Å²) in [4.78, 5) is 15.7. The van der Waals surface area contributed by atoms with Crippen molar-refractivity contribution in [1.29, 1.82) is 0 Å². The van der Waals surface area contributed by atoms with Gasteiger partial charge >= 0.3 is 6.03 Å². The van der Waals surface area contributed by atoms with E-state index in [-0.39, 0.29) is 18.4 Å². The van der Waals surface area contributed by atoms with E-state index in [0.717, 1.165) is 34.0 Å². The van der Waals surface area contributed by atoms with E-state index in [0.29, 0.717) is 16.3 Å². The molecule has 5 aromatic rings. The number of urea groups is 1. The molecule has 1 aliphatic rings. The van der Waals surface area contributed by atoms with Gasteiger partial charge in [-0.1, -0.05) is 48.0 Å². The molecule has 0 fully saturated rings. The maximum atomic E-state index is 14.3. The molecule has 0 saturated heterocycles. The normalized spacial score (nSPS) is 14.5. The van der Waals surface area contributed by atoms with Gasteiger partial charge in [-0.3, -0.25) is 0 Å². The topological polar surface area (TPSA) is 55.1 Å². The molecule has 0 bridgehead atoms. The number of fused-ring (bicyclic) bond motifs is 3. The average molecular weight is 526 g/mol. The molecule has 2 aromatic heterocycles. The lowest BCUT2D eigenvalue weighted by Gasteiger charge is -2.31. The highest BCUT2D eigenvalue weighted by atomic mass is 35.5. The number of aromatic nitrogens is 3. The summed E-state index contributed by atoms with van der Waals surface area (Å²) in [5.41, 5.74) is 5.30. The van der Waals surface area contributed by atoms with Crippen molar-refractivity contribution < 1.29 is 9.18 Å². The van der Waals surface area contributed by atoms with E-state index in [9.17, 15) is 9.18 Å². The fraction of sp³-hybridized carbons (Fsp3) is 0.133. The number of halogens is 2. The van der Waals surface area contributed by atoms with Gasteiger partial charge in [0.1, 0.15) is 11.6 Å². The third-order valence-corrected chi connectivity index (χ3v) is 7.17. The fourth-order valence-corrected chi connectivity index (χ4v) is 5.24. The van der Waals surface area contributed by atoms with Crippen molar-refractivity contribution in [2.75, 3.05) is 5.32 Å². The summed E-state index contributed by atoms with van der Waals surface area (Å²) in [6.07, 6.45) is 1.99. The minimum absolute atomic E-state index is 0.285. The lowest BCUT2D eigenvalue weighted by Crippen LogP contribution is -2.38. The predicted molar refractivity (Wildman–Crippen MR) is 147 cm³/mol. The summed E-state index contributed by atoms with van der Waals surface area (Å²) in [5, 5.41) is 8.35. The zero-order valence-electron chi connectivity index (χ0n) is 20.9. The van der Waals surface area contributed by atoms with Gasteiger partial charge in [0, 0.05) is 22.5 Å². The van der Waals surface area contributed by atoms with E-state index in [2.05, 4.69) is 9.88 Å².